The van der Waals surface area contributed by atoms with Gasteiger partial charge in [0.2, 0.25) is 0 Å². The Labute approximate surface area is 226 Å². The molecule has 0 amide bonds. The second-order valence-corrected chi connectivity index (χ2v) is 11.3. The van der Waals surface area contributed by atoms with Crippen LogP contribution in [0.1, 0.15) is 61.3 Å². The van der Waals surface area contributed by atoms with Gasteiger partial charge in [0.05, 0.1) is 19.8 Å². The number of thioether (sulfide) groups is 2. The number of carbonyl (C=O) groups is 4. The van der Waals surface area contributed by atoms with E-state index in [4.69, 9.17) is 4.74 Å². The standard InChI is InChI=1S/C12H16N2O2S.C8H12OS.C6H10O4/c1-3-16-12(15)11-7-4-6-8(5-17-2)9(6)10(7)13-14-11;1-10-4-6-5-2-3-7(9)8(5)6;1-3-9-5(7)6(8)10-4-2/h6,8-9H,3-5H2,1-2H3,(H,13,14);5-6,8H,2-4H2,1H3;3-4H2,1-2H3/t6-,8+,9-;5-,6+,8-;/m00./s1. The summed E-state index contributed by atoms with van der Waals surface area (Å²) in [5.74, 6) is 5.05. The highest BCUT2D eigenvalue weighted by Gasteiger charge is 2.58. The van der Waals surface area contributed by atoms with Gasteiger partial charge in [-0.15, -0.1) is 0 Å². The number of carbonyl (C=O) groups excluding carboxylic acids is 4. The topological polar surface area (TPSA) is 125 Å². The predicted molar refractivity (Wildman–Crippen MR) is 143 cm³/mol. The van der Waals surface area contributed by atoms with Crippen LogP contribution in [0.3, 0.4) is 0 Å². The number of nitrogens with zero attached hydrogens (tertiary/aromatic N) is 1. The van der Waals surface area contributed by atoms with Gasteiger partial charge in [-0.3, -0.25) is 9.89 Å². The fourth-order valence-corrected chi connectivity index (χ4v) is 7.31. The van der Waals surface area contributed by atoms with E-state index in [2.05, 4.69) is 32.2 Å². The number of nitrogens with one attached hydrogen (secondary N) is 1. The van der Waals surface area contributed by atoms with Gasteiger partial charge in [-0.05, 0) is 81.3 Å². The van der Waals surface area contributed by atoms with Crippen LogP contribution in [0.5, 0.6) is 0 Å². The van der Waals surface area contributed by atoms with Crippen LogP contribution in [0.25, 0.3) is 0 Å². The highest BCUT2D eigenvalue weighted by atomic mass is 32.2. The molecule has 1 heterocycles. The maximum Gasteiger partial charge on any atom is 0.417 e. The number of rotatable bonds is 8. The Kier molecular flexibility index (Phi) is 10.9. The fourth-order valence-electron chi connectivity index (χ4n) is 5.63. The Morgan fingerprint density at radius 3 is 1.95 bits per heavy atom. The number of fused-ring (bicyclic) bond motifs is 4. The highest BCUT2D eigenvalue weighted by molar-refractivity contribution is 7.98. The first-order valence-corrected chi connectivity index (χ1v) is 15.7. The lowest BCUT2D eigenvalue weighted by Crippen LogP contribution is -2.19. The molecule has 4 aliphatic carbocycles. The summed E-state index contributed by atoms with van der Waals surface area (Å²) in [6, 6.07) is 0. The summed E-state index contributed by atoms with van der Waals surface area (Å²) in [6.07, 6.45) is 7.33. The molecule has 0 bridgehead atoms. The van der Waals surface area contributed by atoms with Crippen LogP contribution in [-0.4, -0.2) is 77.7 Å². The summed E-state index contributed by atoms with van der Waals surface area (Å²) in [5.41, 5.74) is 2.81. The molecule has 1 aromatic heterocycles. The monoisotopic (exact) mass is 554 g/mol. The third-order valence-corrected chi connectivity index (χ3v) is 8.77. The van der Waals surface area contributed by atoms with Gasteiger partial charge in [0, 0.05) is 29.5 Å². The first-order valence-electron chi connectivity index (χ1n) is 12.9. The maximum absolute atomic E-state index is 11.7. The SMILES string of the molecule is CCOC(=O)C(=O)OCC.CCOC(=O)c1n[nH]c2c1C[C@H]1[C@@H](CSC)[C@@H]21.CSC[C@@H]1[C@@H]2CCC(=O)[C@H]12. The van der Waals surface area contributed by atoms with Crippen molar-refractivity contribution < 1.29 is 33.4 Å². The smallest absolute Gasteiger partial charge is 0.417 e. The van der Waals surface area contributed by atoms with Crippen molar-refractivity contribution in [1.82, 2.24) is 10.2 Å². The molecule has 4 aliphatic rings. The van der Waals surface area contributed by atoms with E-state index >= 15 is 0 Å². The van der Waals surface area contributed by atoms with Crippen LogP contribution in [0.4, 0.5) is 0 Å². The van der Waals surface area contributed by atoms with Crippen LogP contribution in [0.15, 0.2) is 0 Å². The van der Waals surface area contributed by atoms with Crippen molar-refractivity contribution >= 4 is 47.2 Å². The number of aromatic nitrogens is 2. The molecule has 0 saturated heterocycles. The number of ketones is 1. The Balaban J connectivity index is 0.000000165. The van der Waals surface area contributed by atoms with Gasteiger partial charge in [0.1, 0.15) is 5.78 Å². The van der Waals surface area contributed by atoms with E-state index in [1.807, 2.05) is 30.4 Å². The first kappa shape index (κ1) is 29.5. The molecular formula is C26H38N2O7S2. The van der Waals surface area contributed by atoms with Gasteiger partial charge in [0.25, 0.3) is 0 Å². The van der Waals surface area contributed by atoms with Crippen molar-refractivity contribution in [2.24, 2.45) is 29.6 Å². The van der Waals surface area contributed by atoms with E-state index < -0.39 is 11.9 Å². The van der Waals surface area contributed by atoms with E-state index in [0.717, 1.165) is 42.1 Å². The van der Waals surface area contributed by atoms with Crippen molar-refractivity contribution in [1.29, 1.82) is 0 Å². The summed E-state index contributed by atoms with van der Waals surface area (Å²) >= 11 is 3.78. The third-order valence-electron chi connectivity index (χ3n) is 7.34. The molecule has 206 valence electrons. The minimum atomic E-state index is -0.927. The van der Waals surface area contributed by atoms with Crippen molar-refractivity contribution in [2.45, 2.75) is 46.0 Å². The number of hydrogen-bond donors (Lipinski definition) is 1. The Morgan fingerprint density at radius 1 is 0.892 bits per heavy atom. The molecule has 1 N–H and O–H groups in total. The average Bonchev–Trinajstić information content (AvgIpc) is 3.48. The third kappa shape index (κ3) is 6.90. The molecule has 5 rings (SSSR count). The van der Waals surface area contributed by atoms with E-state index in [1.54, 1.807) is 13.8 Å². The molecule has 11 heteroatoms. The van der Waals surface area contributed by atoms with Crippen LogP contribution in [0, 0.1) is 29.6 Å². The minimum Gasteiger partial charge on any atom is -0.461 e. The van der Waals surface area contributed by atoms with Crippen molar-refractivity contribution in [3.8, 4) is 0 Å². The lowest BCUT2D eigenvalue weighted by Gasteiger charge is -2.03. The van der Waals surface area contributed by atoms with E-state index in [0.29, 0.717) is 29.9 Å². The molecule has 0 aliphatic heterocycles. The zero-order valence-corrected chi connectivity index (χ0v) is 23.9. The summed E-state index contributed by atoms with van der Waals surface area (Å²) in [5, 5.41) is 7.17. The van der Waals surface area contributed by atoms with Crippen molar-refractivity contribution in [3.63, 3.8) is 0 Å². The molecule has 37 heavy (non-hydrogen) atoms. The number of H-pyrrole nitrogens is 1. The Bertz CT molecular complexity index is 966. The zero-order valence-electron chi connectivity index (χ0n) is 22.2. The second-order valence-electron chi connectivity index (χ2n) is 9.45. The average molecular weight is 555 g/mol. The molecule has 0 unspecified atom stereocenters. The fraction of sp³-hybridized carbons (Fsp3) is 0.731. The van der Waals surface area contributed by atoms with E-state index in [1.165, 1.54) is 23.6 Å². The van der Waals surface area contributed by atoms with Crippen LogP contribution < -0.4 is 0 Å². The van der Waals surface area contributed by atoms with Gasteiger partial charge < -0.3 is 14.2 Å². The molecule has 3 fully saturated rings. The minimum absolute atomic E-state index is 0.192. The van der Waals surface area contributed by atoms with Gasteiger partial charge >= 0.3 is 17.9 Å². The van der Waals surface area contributed by atoms with E-state index in [9.17, 15) is 19.2 Å². The predicted octanol–water partition coefficient (Wildman–Crippen LogP) is 3.52. The maximum atomic E-state index is 11.7. The molecule has 6 atom stereocenters. The van der Waals surface area contributed by atoms with Gasteiger partial charge in [0.15, 0.2) is 5.69 Å². The molecular weight excluding hydrogens is 516 g/mol. The van der Waals surface area contributed by atoms with Gasteiger partial charge in [-0.2, -0.15) is 28.6 Å². The lowest BCUT2D eigenvalue weighted by molar-refractivity contribution is -0.167. The van der Waals surface area contributed by atoms with Gasteiger partial charge in [-0.25, -0.2) is 14.4 Å². The molecule has 3 saturated carbocycles. The van der Waals surface area contributed by atoms with E-state index in [-0.39, 0.29) is 19.2 Å². The van der Waals surface area contributed by atoms with Gasteiger partial charge in [-0.1, -0.05) is 0 Å². The summed E-state index contributed by atoms with van der Waals surface area (Å²) in [4.78, 5) is 43.6. The lowest BCUT2D eigenvalue weighted by atomic mass is 10.1. The number of ether oxygens (including phenoxy) is 3. The normalized spacial score (nSPS) is 27.3. The zero-order chi connectivity index (χ0) is 27.1. The highest BCUT2D eigenvalue weighted by Crippen LogP contribution is 2.62. The number of aromatic amines is 1. The largest absolute Gasteiger partial charge is 0.461 e. The number of hydrogen-bond acceptors (Lipinski definition) is 10. The first-order chi connectivity index (χ1) is 17.8. The second kappa shape index (κ2) is 13.7. The molecule has 0 aromatic carbocycles. The van der Waals surface area contributed by atoms with Crippen molar-refractivity contribution in [2.75, 3.05) is 43.8 Å². The van der Waals surface area contributed by atoms with Crippen molar-refractivity contribution in [3.05, 3.63) is 17.0 Å². The van der Waals surface area contributed by atoms with Crippen LogP contribution >= 0.6 is 23.5 Å². The molecule has 1 aromatic rings. The molecule has 9 nitrogen and oxygen atoms in total. The summed E-state index contributed by atoms with van der Waals surface area (Å²) in [6.45, 7) is 5.85. The quantitative estimate of drug-likeness (QED) is 0.290. The Morgan fingerprint density at radius 2 is 1.46 bits per heavy atom. The molecule has 0 radical (unpaired) electrons. The number of esters is 3. The molecule has 0 spiro atoms. The van der Waals surface area contributed by atoms with Crippen LogP contribution in [0.2, 0.25) is 0 Å². The van der Waals surface area contributed by atoms with Crippen LogP contribution in [-0.2, 0) is 35.0 Å². The number of Topliss-reactive ketones (excluding diaryl/α,β-unsaturated/α-hetero) is 1. The summed E-state index contributed by atoms with van der Waals surface area (Å²) < 4.78 is 13.7. The summed E-state index contributed by atoms with van der Waals surface area (Å²) in [7, 11) is 0. The Hall–Kier alpha value is -2.01.